The number of rotatable bonds is 5. The van der Waals surface area contributed by atoms with E-state index >= 15 is 0 Å². The van der Waals surface area contributed by atoms with Crippen LogP contribution in [0, 0.1) is 0 Å². The van der Waals surface area contributed by atoms with E-state index < -0.39 is 5.97 Å². The summed E-state index contributed by atoms with van der Waals surface area (Å²) in [5.41, 5.74) is 0.773. The molecule has 0 bridgehead atoms. The van der Waals surface area contributed by atoms with Gasteiger partial charge in [0.1, 0.15) is 0 Å². The normalized spacial score (nSPS) is 11.3. The van der Waals surface area contributed by atoms with Crippen molar-refractivity contribution in [2.45, 2.75) is 26.8 Å². The summed E-state index contributed by atoms with van der Waals surface area (Å²) in [4.78, 5) is 25.5. The van der Waals surface area contributed by atoms with E-state index in [1.165, 1.54) is 11.8 Å². The Bertz CT molecular complexity index is 1110. The summed E-state index contributed by atoms with van der Waals surface area (Å²) in [6.07, 6.45) is 3.83. The lowest BCUT2D eigenvalue weighted by Gasteiger charge is -2.14. The van der Waals surface area contributed by atoms with Crippen LogP contribution in [0.2, 0.25) is 0 Å². The third kappa shape index (κ3) is 3.67. The molecular formula is C22H22N2O4. The molecule has 0 aliphatic carbocycles. The second-order valence-corrected chi connectivity index (χ2v) is 6.54. The molecule has 1 aromatic heterocycles. The lowest BCUT2D eigenvalue weighted by molar-refractivity contribution is 0.0722. The van der Waals surface area contributed by atoms with Gasteiger partial charge in [-0.1, -0.05) is 36.4 Å². The van der Waals surface area contributed by atoms with Crippen LogP contribution in [0.4, 0.5) is 0 Å². The Balaban J connectivity index is 2.07. The van der Waals surface area contributed by atoms with Gasteiger partial charge >= 0.3 is 5.97 Å². The SMILES string of the molecule is C/C=C/c1ccc(OC(=O)c2nn(C(C)C)c(=O)c3ccccc23)c(OC)c1. The third-order valence-corrected chi connectivity index (χ3v) is 4.26. The number of fused-ring (bicyclic) bond motifs is 1. The molecule has 1 heterocycles. The Hall–Kier alpha value is -3.41. The van der Waals surface area contributed by atoms with Gasteiger partial charge in [0.25, 0.3) is 5.56 Å². The Kier molecular flexibility index (Phi) is 5.59. The van der Waals surface area contributed by atoms with E-state index in [4.69, 9.17) is 9.47 Å². The van der Waals surface area contributed by atoms with Gasteiger partial charge in [0.2, 0.25) is 0 Å². The molecule has 0 unspecified atom stereocenters. The number of carbonyl (C=O) groups excluding carboxylic acids is 1. The van der Waals surface area contributed by atoms with Gasteiger partial charge in [0.05, 0.1) is 18.5 Å². The summed E-state index contributed by atoms with van der Waals surface area (Å²) in [6, 6.07) is 12.0. The molecule has 0 aliphatic rings. The number of allylic oxidation sites excluding steroid dienone is 1. The first-order valence-electron chi connectivity index (χ1n) is 9.00. The Morgan fingerprint density at radius 3 is 2.46 bits per heavy atom. The molecule has 0 atom stereocenters. The van der Waals surface area contributed by atoms with Crippen LogP contribution in [0.1, 0.15) is 42.9 Å². The molecule has 0 spiro atoms. The number of aromatic nitrogens is 2. The molecular weight excluding hydrogens is 356 g/mol. The fraction of sp³-hybridized carbons (Fsp3) is 0.227. The number of hydrogen-bond donors (Lipinski definition) is 0. The first-order valence-corrected chi connectivity index (χ1v) is 9.00. The van der Waals surface area contributed by atoms with Crippen LogP contribution in [0.3, 0.4) is 0 Å². The van der Waals surface area contributed by atoms with Gasteiger partial charge in [-0.05, 0) is 44.5 Å². The highest BCUT2D eigenvalue weighted by Crippen LogP contribution is 2.29. The van der Waals surface area contributed by atoms with E-state index in [1.54, 1.807) is 36.4 Å². The highest BCUT2D eigenvalue weighted by molar-refractivity contribution is 6.03. The number of benzene rings is 2. The van der Waals surface area contributed by atoms with Gasteiger partial charge in [0.15, 0.2) is 17.2 Å². The standard InChI is InChI=1S/C22H22N2O4/c1-5-8-15-11-12-18(19(13-15)27-4)28-22(26)20-16-9-6-7-10-17(16)21(25)24(23-20)14(2)3/h5-14H,1-4H3/b8-5+. The Morgan fingerprint density at radius 1 is 1.11 bits per heavy atom. The van der Waals surface area contributed by atoms with Crippen molar-refractivity contribution in [3.05, 3.63) is 70.2 Å². The molecule has 6 nitrogen and oxygen atoms in total. The predicted octanol–water partition coefficient (Wildman–Crippen LogP) is 4.24. The largest absolute Gasteiger partial charge is 0.493 e. The number of hydrogen-bond acceptors (Lipinski definition) is 5. The van der Waals surface area contributed by atoms with Gasteiger partial charge in [-0.3, -0.25) is 4.79 Å². The van der Waals surface area contributed by atoms with Gasteiger partial charge in [-0.25, -0.2) is 9.48 Å². The van der Waals surface area contributed by atoms with E-state index in [2.05, 4.69) is 5.10 Å². The van der Waals surface area contributed by atoms with E-state index in [1.807, 2.05) is 39.0 Å². The zero-order valence-corrected chi connectivity index (χ0v) is 16.3. The summed E-state index contributed by atoms with van der Waals surface area (Å²) < 4.78 is 12.2. The lowest BCUT2D eigenvalue weighted by Crippen LogP contribution is -2.28. The Labute approximate surface area is 163 Å². The van der Waals surface area contributed by atoms with Crippen LogP contribution >= 0.6 is 0 Å². The van der Waals surface area contributed by atoms with E-state index in [0.717, 1.165) is 5.56 Å². The molecule has 28 heavy (non-hydrogen) atoms. The summed E-state index contributed by atoms with van der Waals surface area (Å²) in [7, 11) is 1.51. The van der Waals surface area contributed by atoms with Crippen molar-refractivity contribution in [3.8, 4) is 11.5 Å². The zero-order chi connectivity index (χ0) is 20.3. The minimum atomic E-state index is -0.650. The molecule has 0 N–H and O–H groups in total. The average Bonchev–Trinajstić information content (AvgIpc) is 2.69. The average molecular weight is 378 g/mol. The van der Waals surface area contributed by atoms with Crippen molar-refractivity contribution < 1.29 is 14.3 Å². The third-order valence-electron chi connectivity index (χ3n) is 4.26. The quantitative estimate of drug-likeness (QED) is 0.491. The number of carbonyl (C=O) groups is 1. The maximum Gasteiger partial charge on any atom is 0.364 e. The van der Waals surface area contributed by atoms with Gasteiger partial charge in [0, 0.05) is 5.39 Å². The van der Waals surface area contributed by atoms with Crippen molar-refractivity contribution in [1.82, 2.24) is 9.78 Å². The molecule has 6 heteroatoms. The van der Waals surface area contributed by atoms with Crippen molar-refractivity contribution >= 4 is 22.8 Å². The maximum absolute atomic E-state index is 12.9. The first-order chi connectivity index (χ1) is 13.5. The monoisotopic (exact) mass is 378 g/mol. The van der Waals surface area contributed by atoms with Crippen LogP contribution in [0.5, 0.6) is 11.5 Å². The van der Waals surface area contributed by atoms with Gasteiger partial charge in [-0.15, -0.1) is 0 Å². The smallest absolute Gasteiger partial charge is 0.364 e. The van der Waals surface area contributed by atoms with E-state index in [0.29, 0.717) is 16.5 Å². The maximum atomic E-state index is 12.9. The number of nitrogens with zero attached hydrogens (tertiary/aromatic N) is 2. The molecule has 2 aromatic carbocycles. The molecule has 0 radical (unpaired) electrons. The van der Waals surface area contributed by atoms with Crippen LogP contribution in [0.15, 0.2) is 53.3 Å². The molecule has 3 rings (SSSR count). The minimum absolute atomic E-state index is 0.0866. The van der Waals surface area contributed by atoms with Crippen molar-refractivity contribution in [2.75, 3.05) is 7.11 Å². The summed E-state index contributed by atoms with van der Waals surface area (Å²) in [5, 5.41) is 5.16. The van der Waals surface area contributed by atoms with Gasteiger partial charge < -0.3 is 9.47 Å². The number of methoxy groups -OCH3 is 1. The van der Waals surface area contributed by atoms with E-state index in [9.17, 15) is 9.59 Å². The van der Waals surface area contributed by atoms with Crippen LogP contribution in [0.25, 0.3) is 16.8 Å². The number of ether oxygens (including phenoxy) is 2. The van der Waals surface area contributed by atoms with Crippen molar-refractivity contribution in [2.24, 2.45) is 0 Å². The molecule has 0 aliphatic heterocycles. The lowest BCUT2D eigenvalue weighted by atomic mass is 10.1. The van der Waals surface area contributed by atoms with Crippen molar-refractivity contribution in [3.63, 3.8) is 0 Å². The van der Waals surface area contributed by atoms with Crippen LogP contribution in [-0.4, -0.2) is 22.9 Å². The van der Waals surface area contributed by atoms with Crippen molar-refractivity contribution in [1.29, 1.82) is 0 Å². The fourth-order valence-electron chi connectivity index (χ4n) is 2.92. The number of esters is 1. The minimum Gasteiger partial charge on any atom is -0.493 e. The molecule has 144 valence electrons. The van der Waals surface area contributed by atoms with E-state index in [-0.39, 0.29) is 23.0 Å². The fourth-order valence-corrected chi connectivity index (χ4v) is 2.92. The second-order valence-electron chi connectivity index (χ2n) is 6.54. The molecule has 0 amide bonds. The topological polar surface area (TPSA) is 70.4 Å². The highest BCUT2D eigenvalue weighted by Gasteiger charge is 2.21. The summed E-state index contributed by atoms with van der Waals surface area (Å²) in [6.45, 7) is 5.59. The summed E-state index contributed by atoms with van der Waals surface area (Å²) >= 11 is 0. The summed E-state index contributed by atoms with van der Waals surface area (Å²) in [5.74, 6) is 0.0713. The predicted molar refractivity (Wildman–Crippen MR) is 109 cm³/mol. The molecule has 0 saturated carbocycles. The molecule has 3 aromatic rings. The van der Waals surface area contributed by atoms with Gasteiger partial charge in [-0.2, -0.15) is 5.10 Å². The van der Waals surface area contributed by atoms with Crippen LogP contribution < -0.4 is 15.0 Å². The second kappa shape index (κ2) is 8.08. The Morgan fingerprint density at radius 2 is 1.82 bits per heavy atom. The highest BCUT2D eigenvalue weighted by atomic mass is 16.6. The van der Waals surface area contributed by atoms with Crippen LogP contribution in [-0.2, 0) is 0 Å². The zero-order valence-electron chi connectivity index (χ0n) is 16.3. The molecule has 0 saturated heterocycles. The molecule has 0 fully saturated rings. The first kappa shape index (κ1) is 19.4.